The second-order valence-electron chi connectivity index (χ2n) is 5.00. The van der Waals surface area contributed by atoms with E-state index in [1.54, 1.807) is 24.5 Å². The van der Waals surface area contributed by atoms with Gasteiger partial charge in [0, 0.05) is 17.1 Å². The molecule has 118 valence electrons. The van der Waals surface area contributed by atoms with Crippen molar-refractivity contribution in [1.82, 2.24) is 15.2 Å². The van der Waals surface area contributed by atoms with Crippen molar-refractivity contribution >= 4 is 45.9 Å². The highest BCUT2D eigenvalue weighted by Crippen LogP contribution is 2.36. The Morgan fingerprint density at radius 1 is 1.39 bits per heavy atom. The predicted octanol–water partition coefficient (Wildman–Crippen LogP) is 3.82. The highest BCUT2D eigenvalue weighted by Gasteiger charge is 2.16. The lowest BCUT2D eigenvalue weighted by Gasteiger charge is -2.14. The van der Waals surface area contributed by atoms with Gasteiger partial charge in [-0.15, -0.1) is 0 Å². The summed E-state index contributed by atoms with van der Waals surface area (Å²) in [6, 6.07) is 4.49. The largest absolute Gasteiger partial charge is 0.480 e. The second-order valence-corrected chi connectivity index (χ2v) is 5.79. The number of carboxylic acids is 1. The quantitative estimate of drug-likeness (QED) is 0.665. The number of pyridine rings is 1. The van der Waals surface area contributed by atoms with Crippen molar-refractivity contribution in [2.75, 3.05) is 5.32 Å². The van der Waals surface area contributed by atoms with E-state index in [1.807, 2.05) is 6.07 Å². The molecular weight excluding hydrogens is 339 g/mol. The number of aromatic amines is 1. The Labute approximate surface area is 141 Å². The van der Waals surface area contributed by atoms with Crippen LogP contribution in [0.5, 0.6) is 0 Å². The molecule has 0 aliphatic rings. The minimum atomic E-state index is -0.978. The van der Waals surface area contributed by atoms with Crippen LogP contribution in [0.25, 0.3) is 22.0 Å². The summed E-state index contributed by atoms with van der Waals surface area (Å²) in [4.78, 5) is 15.5. The summed E-state index contributed by atoms with van der Waals surface area (Å²) in [5, 5.41) is 20.1. The molecule has 2 heterocycles. The Balaban J connectivity index is 2.23. The van der Waals surface area contributed by atoms with Crippen LogP contribution < -0.4 is 5.32 Å². The average Bonchev–Trinajstić information content (AvgIpc) is 3.04. The smallest absolute Gasteiger partial charge is 0.325 e. The van der Waals surface area contributed by atoms with Gasteiger partial charge in [-0.05, 0) is 24.6 Å². The minimum absolute atomic E-state index is 0.320. The number of aromatic nitrogens is 3. The summed E-state index contributed by atoms with van der Waals surface area (Å²) < 4.78 is 0. The summed E-state index contributed by atoms with van der Waals surface area (Å²) in [6.45, 7) is 1.53. The minimum Gasteiger partial charge on any atom is -0.480 e. The number of rotatable bonds is 4. The molecular formula is C15H12Cl2N4O2. The average molecular weight is 351 g/mol. The van der Waals surface area contributed by atoms with Gasteiger partial charge in [0.05, 0.1) is 21.8 Å². The molecule has 0 unspecified atom stereocenters. The van der Waals surface area contributed by atoms with E-state index < -0.39 is 12.0 Å². The maximum Gasteiger partial charge on any atom is 0.325 e. The van der Waals surface area contributed by atoms with Crippen LogP contribution >= 0.6 is 23.2 Å². The molecule has 0 amide bonds. The van der Waals surface area contributed by atoms with Crippen molar-refractivity contribution < 1.29 is 9.90 Å². The Morgan fingerprint density at radius 2 is 2.17 bits per heavy atom. The third-order valence-electron chi connectivity index (χ3n) is 3.42. The molecule has 0 fully saturated rings. The van der Waals surface area contributed by atoms with E-state index in [1.165, 1.54) is 6.92 Å². The fourth-order valence-corrected chi connectivity index (χ4v) is 2.59. The van der Waals surface area contributed by atoms with E-state index >= 15 is 0 Å². The number of carbonyl (C=O) groups is 1. The molecule has 8 heteroatoms. The van der Waals surface area contributed by atoms with Crippen LogP contribution in [0.2, 0.25) is 10.0 Å². The van der Waals surface area contributed by atoms with Crippen molar-refractivity contribution in [3.63, 3.8) is 0 Å². The van der Waals surface area contributed by atoms with Crippen molar-refractivity contribution in [3.05, 3.63) is 40.6 Å². The van der Waals surface area contributed by atoms with Gasteiger partial charge in [0.1, 0.15) is 11.9 Å². The van der Waals surface area contributed by atoms with E-state index in [-0.39, 0.29) is 0 Å². The van der Waals surface area contributed by atoms with Crippen molar-refractivity contribution in [2.45, 2.75) is 13.0 Å². The maximum atomic E-state index is 11.0. The number of carboxylic acid groups (broad SMARTS) is 1. The number of nitrogens with zero attached hydrogens (tertiary/aromatic N) is 2. The summed E-state index contributed by atoms with van der Waals surface area (Å²) in [5.41, 5.74) is 2.15. The van der Waals surface area contributed by atoms with Crippen molar-refractivity contribution in [2.24, 2.45) is 0 Å². The topological polar surface area (TPSA) is 90.9 Å². The number of hydrogen-bond donors (Lipinski definition) is 3. The zero-order chi connectivity index (χ0) is 16.6. The van der Waals surface area contributed by atoms with Crippen LogP contribution in [-0.2, 0) is 4.79 Å². The molecule has 1 aromatic carbocycles. The molecule has 1 atom stereocenters. The number of aliphatic carboxylic acids is 1. The van der Waals surface area contributed by atoms with Gasteiger partial charge in [0.15, 0.2) is 0 Å². The van der Waals surface area contributed by atoms with Gasteiger partial charge in [-0.1, -0.05) is 29.3 Å². The van der Waals surface area contributed by atoms with Crippen LogP contribution in [0.1, 0.15) is 6.92 Å². The number of benzene rings is 1. The molecule has 0 aliphatic carbocycles. The predicted molar refractivity (Wildman–Crippen MR) is 90.1 cm³/mol. The molecule has 6 nitrogen and oxygen atoms in total. The summed E-state index contributed by atoms with van der Waals surface area (Å²) >= 11 is 12.3. The fourth-order valence-electron chi connectivity index (χ4n) is 2.23. The monoisotopic (exact) mass is 350 g/mol. The lowest BCUT2D eigenvalue weighted by atomic mass is 10.0. The summed E-state index contributed by atoms with van der Waals surface area (Å²) in [7, 11) is 0. The van der Waals surface area contributed by atoms with Crippen molar-refractivity contribution in [3.8, 4) is 11.1 Å². The standard InChI is InChI=1S/C15H12Cl2N4O2/c1-7(15(22)23)20-12-4-10(8-5-18-19-6-8)9-2-3-11(16)13(17)14(9)21-12/h2-7H,1H3,(H,18,19)(H,20,21)(H,22,23)/t7-/m1/s1. The molecule has 2 aromatic heterocycles. The van der Waals surface area contributed by atoms with Gasteiger partial charge < -0.3 is 10.4 Å². The number of fused-ring (bicyclic) bond motifs is 1. The van der Waals surface area contributed by atoms with E-state index in [9.17, 15) is 4.79 Å². The number of H-pyrrole nitrogens is 1. The first-order chi connectivity index (χ1) is 11.0. The summed E-state index contributed by atoms with van der Waals surface area (Å²) in [5.74, 6) is -0.582. The molecule has 0 saturated carbocycles. The SMILES string of the molecule is C[C@@H](Nc1cc(-c2cn[nH]c2)c2ccc(Cl)c(Cl)c2n1)C(=O)O. The van der Waals surface area contributed by atoms with Gasteiger partial charge in [-0.3, -0.25) is 9.89 Å². The van der Waals surface area contributed by atoms with Crippen LogP contribution in [0, 0.1) is 0 Å². The first-order valence-corrected chi connectivity index (χ1v) is 7.50. The molecule has 0 bridgehead atoms. The van der Waals surface area contributed by atoms with Gasteiger partial charge in [0.2, 0.25) is 0 Å². The number of anilines is 1. The molecule has 3 N–H and O–H groups in total. The highest BCUT2D eigenvalue weighted by atomic mass is 35.5. The van der Waals surface area contributed by atoms with Crippen LogP contribution in [0.3, 0.4) is 0 Å². The third-order valence-corrected chi connectivity index (χ3v) is 4.21. The zero-order valence-corrected chi connectivity index (χ0v) is 13.5. The number of hydrogen-bond acceptors (Lipinski definition) is 4. The first kappa shape index (κ1) is 15.6. The van der Waals surface area contributed by atoms with Crippen LogP contribution in [0.4, 0.5) is 5.82 Å². The van der Waals surface area contributed by atoms with E-state index in [4.69, 9.17) is 28.3 Å². The molecule has 3 rings (SSSR count). The molecule has 3 aromatic rings. The Bertz CT molecular complexity index is 881. The van der Waals surface area contributed by atoms with Gasteiger partial charge in [-0.2, -0.15) is 5.10 Å². The first-order valence-electron chi connectivity index (χ1n) is 6.74. The fraction of sp³-hybridized carbons (Fsp3) is 0.133. The Kier molecular flexibility index (Phi) is 4.11. The van der Waals surface area contributed by atoms with Crippen LogP contribution in [0.15, 0.2) is 30.6 Å². The molecule has 23 heavy (non-hydrogen) atoms. The number of halogens is 2. The molecule has 0 aliphatic heterocycles. The number of nitrogens with one attached hydrogen (secondary N) is 2. The third kappa shape index (κ3) is 2.95. The van der Waals surface area contributed by atoms with Gasteiger partial charge >= 0.3 is 5.97 Å². The molecule has 0 saturated heterocycles. The second kappa shape index (κ2) is 6.06. The normalized spacial score (nSPS) is 12.3. The van der Waals surface area contributed by atoms with Gasteiger partial charge in [0.25, 0.3) is 0 Å². The lowest BCUT2D eigenvalue weighted by Crippen LogP contribution is -2.25. The maximum absolute atomic E-state index is 11.0. The van der Waals surface area contributed by atoms with E-state index in [0.29, 0.717) is 21.4 Å². The summed E-state index contributed by atoms with van der Waals surface area (Å²) in [6.07, 6.45) is 3.41. The zero-order valence-electron chi connectivity index (χ0n) is 12.0. The van der Waals surface area contributed by atoms with Crippen LogP contribution in [-0.4, -0.2) is 32.3 Å². The Morgan fingerprint density at radius 3 is 2.83 bits per heavy atom. The van der Waals surface area contributed by atoms with Gasteiger partial charge in [-0.25, -0.2) is 4.98 Å². The lowest BCUT2D eigenvalue weighted by molar-refractivity contribution is -0.137. The van der Waals surface area contributed by atoms with E-state index in [0.717, 1.165) is 16.5 Å². The molecule has 0 radical (unpaired) electrons. The highest BCUT2D eigenvalue weighted by molar-refractivity contribution is 6.45. The Hall–Kier alpha value is -2.31. The van der Waals surface area contributed by atoms with Crippen molar-refractivity contribution in [1.29, 1.82) is 0 Å². The van der Waals surface area contributed by atoms with E-state index in [2.05, 4.69) is 20.5 Å². The molecule has 0 spiro atoms.